The van der Waals surface area contributed by atoms with Gasteiger partial charge >= 0.3 is 0 Å². The molecule has 0 aromatic heterocycles. The lowest BCUT2D eigenvalue weighted by molar-refractivity contribution is -0.384. The van der Waals surface area contributed by atoms with Crippen LogP contribution in [0.3, 0.4) is 0 Å². The molecular formula is C18H15N5O4S. The molecule has 1 aliphatic rings. The predicted octanol–water partition coefficient (Wildman–Crippen LogP) is 1.85. The van der Waals surface area contributed by atoms with Crippen molar-refractivity contribution >= 4 is 21.4 Å². The lowest BCUT2D eigenvalue weighted by Crippen LogP contribution is -2.48. The fourth-order valence-electron chi connectivity index (χ4n) is 3.02. The Labute approximate surface area is 161 Å². The monoisotopic (exact) mass is 397 g/mol. The lowest BCUT2D eigenvalue weighted by atomic mass is 10.1. The zero-order valence-corrected chi connectivity index (χ0v) is 15.5. The van der Waals surface area contributed by atoms with E-state index in [0.717, 1.165) is 0 Å². The number of nitrogens with zero attached hydrogens (tertiary/aromatic N) is 5. The number of sulfonamides is 1. The fourth-order valence-corrected chi connectivity index (χ4v) is 4.44. The molecule has 10 heteroatoms. The van der Waals surface area contributed by atoms with Crippen LogP contribution in [0, 0.1) is 32.8 Å². The average Bonchev–Trinajstić information content (AvgIpc) is 2.73. The molecule has 0 amide bonds. The van der Waals surface area contributed by atoms with Crippen LogP contribution in [-0.4, -0.2) is 43.8 Å². The molecule has 0 aliphatic carbocycles. The van der Waals surface area contributed by atoms with Gasteiger partial charge in [-0.05, 0) is 30.3 Å². The van der Waals surface area contributed by atoms with Gasteiger partial charge in [-0.2, -0.15) is 14.8 Å². The number of nitro groups is 1. The third-order valence-electron chi connectivity index (χ3n) is 4.51. The molecule has 28 heavy (non-hydrogen) atoms. The molecule has 9 nitrogen and oxygen atoms in total. The highest BCUT2D eigenvalue weighted by Crippen LogP contribution is 2.27. The summed E-state index contributed by atoms with van der Waals surface area (Å²) >= 11 is 0. The summed E-state index contributed by atoms with van der Waals surface area (Å²) in [7, 11) is -3.68. The second-order valence-electron chi connectivity index (χ2n) is 6.10. The zero-order chi connectivity index (χ0) is 20.3. The minimum Gasteiger partial charge on any atom is -0.368 e. The van der Waals surface area contributed by atoms with Gasteiger partial charge in [0.1, 0.15) is 6.07 Å². The summed E-state index contributed by atoms with van der Waals surface area (Å²) in [5, 5.41) is 29.0. The normalized spacial score (nSPS) is 14.9. The number of nitro benzene ring substituents is 1. The zero-order valence-electron chi connectivity index (χ0n) is 14.6. The van der Waals surface area contributed by atoms with E-state index in [4.69, 9.17) is 5.26 Å². The average molecular weight is 397 g/mol. The summed E-state index contributed by atoms with van der Waals surface area (Å²) in [6, 6.07) is 13.7. The number of hydrogen-bond acceptors (Lipinski definition) is 7. The standard InChI is InChI=1S/C18H15N5O4S/c19-12-14-1-4-17(5-2-14)28(26,27)22-9-7-21(8-10-22)18-6-3-16(23(24)25)11-15(18)13-20/h1-6,11H,7-10H2. The van der Waals surface area contributed by atoms with Gasteiger partial charge in [-0.1, -0.05) is 0 Å². The Kier molecular flexibility index (Phi) is 5.27. The van der Waals surface area contributed by atoms with E-state index < -0.39 is 14.9 Å². The maximum absolute atomic E-state index is 12.8. The van der Waals surface area contributed by atoms with Crippen LogP contribution in [-0.2, 0) is 10.0 Å². The maximum Gasteiger partial charge on any atom is 0.270 e. The van der Waals surface area contributed by atoms with Crippen molar-refractivity contribution in [2.75, 3.05) is 31.1 Å². The van der Waals surface area contributed by atoms with Crippen molar-refractivity contribution in [2.45, 2.75) is 4.90 Å². The molecule has 1 saturated heterocycles. The summed E-state index contributed by atoms with van der Waals surface area (Å²) in [6.45, 7) is 1.12. The first kappa shape index (κ1) is 19.3. The van der Waals surface area contributed by atoms with E-state index in [2.05, 4.69) is 0 Å². The van der Waals surface area contributed by atoms with Gasteiger partial charge in [-0.3, -0.25) is 10.1 Å². The molecule has 0 unspecified atom stereocenters. The third kappa shape index (κ3) is 3.64. The van der Waals surface area contributed by atoms with Crippen LogP contribution in [0.15, 0.2) is 47.4 Å². The number of anilines is 1. The van der Waals surface area contributed by atoms with Crippen molar-refractivity contribution in [1.29, 1.82) is 10.5 Å². The van der Waals surface area contributed by atoms with Crippen molar-refractivity contribution in [2.24, 2.45) is 0 Å². The van der Waals surface area contributed by atoms with Gasteiger partial charge < -0.3 is 4.90 Å². The second kappa shape index (κ2) is 7.64. The minimum atomic E-state index is -3.68. The predicted molar refractivity (Wildman–Crippen MR) is 99.9 cm³/mol. The van der Waals surface area contributed by atoms with Crippen LogP contribution in [0.5, 0.6) is 0 Å². The summed E-state index contributed by atoms with van der Waals surface area (Å²) in [5.74, 6) is 0. The SMILES string of the molecule is N#Cc1ccc(S(=O)(=O)N2CCN(c3ccc([N+](=O)[O-])cc3C#N)CC2)cc1. The summed E-state index contributed by atoms with van der Waals surface area (Å²) < 4.78 is 26.9. The number of nitriles is 2. The summed E-state index contributed by atoms with van der Waals surface area (Å²) in [5.41, 5.74) is 0.939. The Morgan fingerprint density at radius 3 is 2.14 bits per heavy atom. The molecule has 0 N–H and O–H groups in total. The van der Waals surface area contributed by atoms with E-state index in [1.165, 1.54) is 46.8 Å². The molecular weight excluding hydrogens is 382 g/mol. The fraction of sp³-hybridized carbons (Fsp3) is 0.222. The van der Waals surface area contributed by atoms with E-state index in [0.29, 0.717) is 24.3 Å². The van der Waals surface area contributed by atoms with E-state index in [1.807, 2.05) is 17.0 Å². The Hall–Kier alpha value is -3.47. The largest absolute Gasteiger partial charge is 0.368 e. The molecule has 3 rings (SSSR count). The second-order valence-corrected chi connectivity index (χ2v) is 8.04. The molecule has 1 aliphatic heterocycles. The van der Waals surface area contributed by atoms with E-state index >= 15 is 0 Å². The van der Waals surface area contributed by atoms with Crippen LogP contribution in [0.25, 0.3) is 0 Å². The summed E-state index contributed by atoms with van der Waals surface area (Å²) in [6.07, 6.45) is 0. The van der Waals surface area contributed by atoms with Crippen molar-refractivity contribution in [3.63, 3.8) is 0 Å². The highest BCUT2D eigenvalue weighted by atomic mass is 32.2. The van der Waals surface area contributed by atoms with Crippen LogP contribution in [0.4, 0.5) is 11.4 Å². The molecule has 0 bridgehead atoms. The van der Waals surface area contributed by atoms with E-state index in [9.17, 15) is 23.8 Å². The molecule has 0 spiro atoms. The first-order valence-electron chi connectivity index (χ1n) is 8.30. The molecule has 2 aromatic carbocycles. The summed E-state index contributed by atoms with van der Waals surface area (Å²) in [4.78, 5) is 12.3. The van der Waals surface area contributed by atoms with Gasteiger partial charge in [0, 0.05) is 38.3 Å². The number of hydrogen-bond donors (Lipinski definition) is 0. The first-order valence-corrected chi connectivity index (χ1v) is 9.74. The van der Waals surface area contributed by atoms with Crippen LogP contribution < -0.4 is 4.90 Å². The van der Waals surface area contributed by atoms with E-state index in [-0.39, 0.29) is 29.2 Å². The number of rotatable bonds is 4. The molecule has 1 fully saturated rings. The number of benzene rings is 2. The van der Waals surface area contributed by atoms with E-state index in [1.54, 1.807) is 0 Å². The Balaban J connectivity index is 1.76. The Morgan fingerprint density at radius 1 is 0.964 bits per heavy atom. The maximum atomic E-state index is 12.8. The van der Waals surface area contributed by atoms with Crippen molar-refractivity contribution < 1.29 is 13.3 Å². The highest BCUT2D eigenvalue weighted by molar-refractivity contribution is 7.89. The smallest absolute Gasteiger partial charge is 0.270 e. The van der Waals surface area contributed by atoms with Crippen LogP contribution in [0.2, 0.25) is 0 Å². The third-order valence-corrected chi connectivity index (χ3v) is 6.42. The Bertz CT molecular complexity index is 1090. The highest BCUT2D eigenvalue weighted by Gasteiger charge is 2.29. The molecule has 0 atom stereocenters. The van der Waals surface area contributed by atoms with Crippen molar-refractivity contribution in [1.82, 2.24) is 4.31 Å². The first-order chi connectivity index (χ1) is 13.4. The minimum absolute atomic E-state index is 0.119. The van der Waals surface area contributed by atoms with Crippen LogP contribution >= 0.6 is 0 Å². The molecule has 0 radical (unpaired) electrons. The van der Waals surface area contributed by atoms with Gasteiger partial charge in [0.15, 0.2) is 0 Å². The van der Waals surface area contributed by atoms with Gasteiger partial charge in [0.05, 0.1) is 32.7 Å². The molecule has 2 aromatic rings. The Morgan fingerprint density at radius 2 is 1.61 bits per heavy atom. The van der Waals surface area contributed by atoms with Gasteiger partial charge in [0.2, 0.25) is 10.0 Å². The quantitative estimate of drug-likeness (QED) is 0.568. The van der Waals surface area contributed by atoms with Gasteiger partial charge in [-0.15, -0.1) is 0 Å². The number of piperazine rings is 1. The van der Waals surface area contributed by atoms with Gasteiger partial charge in [-0.25, -0.2) is 8.42 Å². The van der Waals surface area contributed by atoms with Crippen molar-refractivity contribution in [3.05, 3.63) is 63.7 Å². The molecule has 142 valence electrons. The molecule has 0 saturated carbocycles. The topological polar surface area (TPSA) is 131 Å². The lowest BCUT2D eigenvalue weighted by Gasteiger charge is -2.35. The van der Waals surface area contributed by atoms with Crippen LogP contribution in [0.1, 0.15) is 11.1 Å². The molecule has 1 heterocycles. The van der Waals surface area contributed by atoms with Gasteiger partial charge in [0.25, 0.3) is 5.69 Å². The van der Waals surface area contributed by atoms with Crippen molar-refractivity contribution in [3.8, 4) is 12.1 Å². The number of non-ortho nitro benzene ring substituents is 1.